The number of hydrogen-bond donors (Lipinski definition) is 2. The molecule has 0 aromatic rings. The minimum absolute atomic E-state index is 0.0699. The highest BCUT2D eigenvalue weighted by Crippen LogP contribution is 2.41. The fourth-order valence-corrected chi connectivity index (χ4v) is 3.98. The summed E-state index contributed by atoms with van der Waals surface area (Å²) in [6.45, 7) is 2.77. The normalized spacial score (nSPS) is 39.4. The third-order valence-corrected chi connectivity index (χ3v) is 5.44. The monoisotopic (exact) mass is 295 g/mol. The molecule has 3 fully saturated rings. The number of carbonyl (C=O) groups is 2. The zero-order chi connectivity index (χ0) is 15.0. The van der Waals surface area contributed by atoms with Crippen LogP contribution >= 0.6 is 0 Å². The van der Waals surface area contributed by atoms with E-state index in [0.717, 1.165) is 12.8 Å². The van der Waals surface area contributed by atoms with E-state index >= 15 is 0 Å². The van der Waals surface area contributed by atoms with Crippen LogP contribution in [0.5, 0.6) is 0 Å². The highest BCUT2D eigenvalue weighted by molar-refractivity contribution is 5.85. The standard InChI is InChI=1S/C16H25NO4/c1-2-9-7-11(12(8-9)16(19)20)15(18)17-13-5-6-21-14(13)10-3-4-10/h9-14H,2-8H2,1H3,(H,17,18)(H,19,20)/t9?,11-,12+,13?,14?/m0/s1. The summed E-state index contributed by atoms with van der Waals surface area (Å²) in [5.74, 6) is -0.822. The van der Waals surface area contributed by atoms with Gasteiger partial charge in [-0.3, -0.25) is 9.59 Å². The molecule has 0 bridgehead atoms. The van der Waals surface area contributed by atoms with Crippen LogP contribution in [0.4, 0.5) is 0 Å². The number of ether oxygens (including phenoxy) is 1. The maximum absolute atomic E-state index is 12.5. The Balaban J connectivity index is 1.62. The molecule has 3 aliphatic rings. The van der Waals surface area contributed by atoms with E-state index in [9.17, 15) is 14.7 Å². The lowest BCUT2D eigenvalue weighted by atomic mass is 9.94. The van der Waals surface area contributed by atoms with Gasteiger partial charge in [-0.1, -0.05) is 13.3 Å². The van der Waals surface area contributed by atoms with Gasteiger partial charge in [0.15, 0.2) is 0 Å². The summed E-state index contributed by atoms with van der Waals surface area (Å²) >= 11 is 0. The average molecular weight is 295 g/mol. The summed E-state index contributed by atoms with van der Waals surface area (Å²) in [7, 11) is 0. The molecule has 118 valence electrons. The molecule has 2 saturated carbocycles. The maximum atomic E-state index is 12.5. The van der Waals surface area contributed by atoms with Gasteiger partial charge in [0, 0.05) is 6.61 Å². The molecular formula is C16H25NO4. The molecule has 5 heteroatoms. The maximum Gasteiger partial charge on any atom is 0.307 e. The van der Waals surface area contributed by atoms with E-state index in [1.54, 1.807) is 0 Å². The van der Waals surface area contributed by atoms with Gasteiger partial charge >= 0.3 is 5.97 Å². The summed E-state index contributed by atoms with van der Waals surface area (Å²) in [4.78, 5) is 23.9. The van der Waals surface area contributed by atoms with Crippen molar-refractivity contribution in [1.29, 1.82) is 0 Å². The van der Waals surface area contributed by atoms with E-state index in [0.29, 0.717) is 31.3 Å². The summed E-state index contributed by atoms with van der Waals surface area (Å²) < 4.78 is 5.74. The number of amides is 1. The van der Waals surface area contributed by atoms with Gasteiger partial charge in [0.2, 0.25) is 5.91 Å². The first-order valence-corrected chi connectivity index (χ1v) is 8.25. The lowest BCUT2D eigenvalue weighted by molar-refractivity contribution is -0.146. The van der Waals surface area contributed by atoms with Crippen LogP contribution < -0.4 is 5.32 Å². The van der Waals surface area contributed by atoms with Gasteiger partial charge in [-0.25, -0.2) is 0 Å². The van der Waals surface area contributed by atoms with Crippen LogP contribution in [0.25, 0.3) is 0 Å². The van der Waals surface area contributed by atoms with Gasteiger partial charge in [0.1, 0.15) is 0 Å². The summed E-state index contributed by atoms with van der Waals surface area (Å²) in [6, 6.07) is 0.0834. The first-order valence-electron chi connectivity index (χ1n) is 8.25. The van der Waals surface area contributed by atoms with Crippen LogP contribution in [-0.2, 0) is 14.3 Å². The lowest BCUT2D eigenvalue weighted by Gasteiger charge is -2.23. The van der Waals surface area contributed by atoms with Crippen LogP contribution in [0.1, 0.15) is 45.4 Å². The number of hydrogen-bond acceptors (Lipinski definition) is 3. The van der Waals surface area contributed by atoms with Gasteiger partial charge < -0.3 is 15.2 Å². The summed E-state index contributed by atoms with van der Waals surface area (Å²) in [5.41, 5.74) is 0. The molecule has 3 unspecified atom stereocenters. The predicted molar refractivity (Wildman–Crippen MR) is 76.6 cm³/mol. The minimum Gasteiger partial charge on any atom is -0.481 e. The largest absolute Gasteiger partial charge is 0.481 e. The Morgan fingerprint density at radius 3 is 2.52 bits per heavy atom. The Hall–Kier alpha value is -1.10. The van der Waals surface area contributed by atoms with E-state index in [2.05, 4.69) is 12.2 Å². The second-order valence-corrected chi connectivity index (χ2v) is 6.87. The topological polar surface area (TPSA) is 75.6 Å². The van der Waals surface area contributed by atoms with Crippen molar-refractivity contribution in [3.8, 4) is 0 Å². The summed E-state index contributed by atoms with van der Waals surface area (Å²) in [6.07, 6.45) is 5.68. The molecule has 21 heavy (non-hydrogen) atoms. The van der Waals surface area contributed by atoms with E-state index in [-0.39, 0.29) is 24.0 Å². The highest BCUT2D eigenvalue weighted by atomic mass is 16.5. The molecule has 1 aliphatic heterocycles. The third-order valence-electron chi connectivity index (χ3n) is 5.44. The minimum atomic E-state index is -0.826. The number of carboxylic acids is 1. The number of rotatable bonds is 5. The molecule has 3 rings (SSSR count). The van der Waals surface area contributed by atoms with Crippen molar-refractivity contribution in [2.45, 2.75) is 57.6 Å². The quantitative estimate of drug-likeness (QED) is 0.811. The van der Waals surface area contributed by atoms with Crippen LogP contribution in [0.15, 0.2) is 0 Å². The Labute approximate surface area is 125 Å². The van der Waals surface area contributed by atoms with Crippen molar-refractivity contribution in [1.82, 2.24) is 5.32 Å². The SMILES string of the molecule is CCC1C[C@H](C(=O)NC2CCOC2C2CC2)[C@H](C(=O)O)C1. The molecule has 0 aromatic heterocycles. The van der Waals surface area contributed by atoms with E-state index in [1.165, 1.54) is 12.8 Å². The second-order valence-electron chi connectivity index (χ2n) is 6.87. The molecule has 0 radical (unpaired) electrons. The van der Waals surface area contributed by atoms with Gasteiger partial charge in [-0.15, -0.1) is 0 Å². The van der Waals surface area contributed by atoms with Gasteiger partial charge in [-0.2, -0.15) is 0 Å². The molecule has 5 nitrogen and oxygen atoms in total. The van der Waals surface area contributed by atoms with Gasteiger partial charge in [0.05, 0.1) is 24.0 Å². The number of carbonyl (C=O) groups excluding carboxylic acids is 1. The van der Waals surface area contributed by atoms with Crippen molar-refractivity contribution < 1.29 is 19.4 Å². The average Bonchev–Trinajstić information content (AvgIpc) is 3.03. The van der Waals surface area contributed by atoms with E-state index in [4.69, 9.17) is 4.74 Å². The fourth-order valence-electron chi connectivity index (χ4n) is 3.98. The second kappa shape index (κ2) is 5.95. The Morgan fingerprint density at radius 1 is 1.19 bits per heavy atom. The molecule has 2 aliphatic carbocycles. The van der Waals surface area contributed by atoms with Crippen molar-refractivity contribution in [2.75, 3.05) is 6.61 Å². The number of nitrogens with one attached hydrogen (secondary N) is 1. The van der Waals surface area contributed by atoms with Crippen LogP contribution in [0, 0.1) is 23.7 Å². The number of aliphatic carboxylic acids is 1. The first kappa shape index (κ1) is 14.8. The summed E-state index contributed by atoms with van der Waals surface area (Å²) in [5, 5.41) is 12.4. The van der Waals surface area contributed by atoms with Crippen LogP contribution in [0.3, 0.4) is 0 Å². The first-order chi connectivity index (χ1) is 10.1. The van der Waals surface area contributed by atoms with Crippen LogP contribution in [-0.4, -0.2) is 35.7 Å². The van der Waals surface area contributed by atoms with Gasteiger partial charge in [0.25, 0.3) is 0 Å². The van der Waals surface area contributed by atoms with Crippen LogP contribution in [0.2, 0.25) is 0 Å². The Morgan fingerprint density at radius 2 is 1.90 bits per heavy atom. The lowest BCUT2D eigenvalue weighted by Crippen LogP contribution is -2.45. The zero-order valence-electron chi connectivity index (χ0n) is 12.6. The molecule has 0 aromatic carbocycles. The molecule has 1 saturated heterocycles. The molecule has 1 heterocycles. The van der Waals surface area contributed by atoms with Crippen molar-refractivity contribution in [2.24, 2.45) is 23.7 Å². The smallest absolute Gasteiger partial charge is 0.307 e. The third kappa shape index (κ3) is 3.07. The van der Waals surface area contributed by atoms with Crippen molar-refractivity contribution in [3.05, 3.63) is 0 Å². The van der Waals surface area contributed by atoms with Gasteiger partial charge in [-0.05, 0) is 43.9 Å². The van der Waals surface area contributed by atoms with E-state index < -0.39 is 11.9 Å². The molecular weight excluding hydrogens is 270 g/mol. The zero-order valence-corrected chi connectivity index (χ0v) is 12.6. The Bertz CT molecular complexity index is 421. The van der Waals surface area contributed by atoms with E-state index in [1.807, 2.05) is 0 Å². The molecule has 2 N–H and O–H groups in total. The Kier molecular flexibility index (Phi) is 4.20. The number of carboxylic acid groups (broad SMARTS) is 1. The van der Waals surface area contributed by atoms with Crippen molar-refractivity contribution in [3.63, 3.8) is 0 Å². The fraction of sp³-hybridized carbons (Fsp3) is 0.875. The van der Waals surface area contributed by atoms with Crippen molar-refractivity contribution >= 4 is 11.9 Å². The molecule has 0 spiro atoms. The highest BCUT2D eigenvalue weighted by Gasteiger charge is 2.45. The molecule has 5 atom stereocenters. The predicted octanol–water partition coefficient (Wildman–Crippen LogP) is 1.81. The molecule has 1 amide bonds.